The summed E-state index contributed by atoms with van der Waals surface area (Å²) >= 11 is 0. The molecule has 1 atom stereocenters. The topological polar surface area (TPSA) is 86.8 Å². The van der Waals surface area contributed by atoms with E-state index in [0.29, 0.717) is 6.42 Å². The molecule has 0 saturated carbocycles. The van der Waals surface area contributed by atoms with Crippen LogP contribution in [0.15, 0.2) is 83.8 Å². The van der Waals surface area contributed by atoms with Crippen LogP contribution in [0, 0.1) is 12.7 Å². The van der Waals surface area contributed by atoms with Crippen LogP contribution in [0.5, 0.6) is 0 Å². The maximum absolute atomic E-state index is 14.9. The lowest BCUT2D eigenvalue weighted by atomic mass is 10.1. The van der Waals surface area contributed by atoms with Crippen molar-refractivity contribution < 1.29 is 22.4 Å². The molecule has 2 amide bonds. The Labute approximate surface area is 230 Å². The molecule has 208 valence electrons. The van der Waals surface area contributed by atoms with Crippen molar-refractivity contribution in [1.82, 2.24) is 10.2 Å². The minimum Gasteiger partial charge on any atom is -0.350 e. The molecule has 9 heteroatoms. The third-order valence-corrected chi connectivity index (χ3v) is 7.93. The van der Waals surface area contributed by atoms with E-state index in [1.54, 1.807) is 19.1 Å². The van der Waals surface area contributed by atoms with Crippen LogP contribution in [0.25, 0.3) is 0 Å². The monoisotopic (exact) mass is 553 g/mol. The summed E-state index contributed by atoms with van der Waals surface area (Å²) in [5.74, 6) is -1.78. The maximum Gasteiger partial charge on any atom is 0.264 e. The summed E-state index contributed by atoms with van der Waals surface area (Å²) in [7, 11) is -4.32. The van der Waals surface area contributed by atoms with Crippen LogP contribution in [0.4, 0.5) is 10.1 Å². The molecule has 3 rings (SSSR count). The average molecular weight is 554 g/mol. The van der Waals surface area contributed by atoms with Crippen LogP contribution in [0.1, 0.15) is 38.8 Å². The fourth-order valence-electron chi connectivity index (χ4n) is 4.05. The molecule has 0 aliphatic carbocycles. The molecule has 7 nitrogen and oxygen atoms in total. The van der Waals surface area contributed by atoms with Gasteiger partial charge in [-0.1, -0.05) is 60.2 Å². The number of aryl methyl sites for hydroxylation is 1. The molecule has 0 aliphatic rings. The van der Waals surface area contributed by atoms with Gasteiger partial charge in [-0.2, -0.15) is 0 Å². The highest BCUT2D eigenvalue weighted by Crippen LogP contribution is 2.27. The molecule has 0 fully saturated rings. The molecule has 3 aromatic rings. The van der Waals surface area contributed by atoms with Gasteiger partial charge in [0.05, 0.1) is 10.6 Å². The van der Waals surface area contributed by atoms with Crippen molar-refractivity contribution in [3.8, 4) is 0 Å². The standard InChI is InChI=1S/C30H36FN3O4S/c1-22-15-17-25(18-16-22)39(37,38)34(27-14-10-9-13-26(27)31)21-28(35)33(20-19-24-11-7-6-8-12-24)23(2)29(36)32-30(3,4)5/h6-18,23H,19-21H2,1-5H3,(H,32,36)/t23-/m0/s1. The second-order valence-corrected chi connectivity index (χ2v) is 12.4. The van der Waals surface area contributed by atoms with E-state index in [2.05, 4.69) is 5.32 Å². The van der Waals surface area contributed by atoms with E-state index in [1.807, 2.05) is 58.0 Å². The maximum atomic E-state index is 14.9. The van der Waals surface area contributed by atoms with Crippen molar-refractivity contribution in [3.05, 3.63) is 95.8 Å². The molecule has 39 heavy (non-hydrogen) atoms. The molecule has 0 bridgehead atoms. The van der Waals surface area contributed by atoms with Gasteiger partial charge in [0.25, 0.3) is 10.0 Å². The number of hydrogen-bond acceptors (Lipinski definition) is 4. The van der Waals surface area contributed by atoms with Crippen molar-refractivity contribution in [2.75, 3.05) is 17.4 Å². The summed E-state index contributed by atoms with van der Waals surface area (Å²) in [5, 5.41) is 2.88. The minimum absolute atomic E-state index is 0.0708. The number of carbonyl (C=O) groups is 2. The fraction of sp³-hybridized carbons (Fsp3) is 0.333. The van der Waals surface area contributed by atoms with Crippen LogP contribution in [0.2, 0.25) is 0 Å². The van der Waals surface area contributed by atoms with E-state index >= 15 is 0 Å². The third-order valence-electron chi connectivity index (χ3n) is 6.16. The first-order chi connectivity index (χ1) is 18.3. The summed E-state index contributed by atoms with van der Waals surface area (Å²) in [6.07, 6.45) is 0.449. The highest BCUT2D eigenvalue weighted by atomic mass is 32.2. The highest BCUT2D eigenvalue weighted by molar-refractivity contribution is 7.92. The summed E-state index contributed by atoms with van der Waals surface area (Å²) in [4.78, 5) is 28.2. The molecular formula is C30H36FN3O4S. The molecule has 0 unspecified atom stereocenters. The summed E-state index contributed by atoms with van der Waals surface area (Å²) in [5.41, 5.74) is 1.03. The van der Waals surface area contributed by atoms with Gasteiger partial charge in [0, 0.05) is 12.1 Å². The van der Waals surface area contributed by atoms with E-state index in [1.165, 1.54) is 35.2 Å². The third kappa shape index (κ3) is 7.89. The Morgan fingerprint density at radius 3 is 2.10 bits per heavy atom. The Hall–Kier alpha value is -3.72. The number of hydrogen-bond donors (Lipinski definition) is 1. The number of amides is 2. The lowest BCUT2D eigenvalue weighted by Crippen LogP contribution is -2.55. The van der Waals surface area contributed by atoms with E-state index < -0.39 is 39.9 Å². The van der Waals surface area contributed by atoms with E-state index in [0.717, 1.165) is 21.5 Å². The van der Waals surface area contributed by atoms with Crippen LogP contribution in [-0.4, -0.2) is 49.8 Å². The Morgan fingerprint density at radius 1 is 0.923 bits per heavy atom. The Morgan fingerprint density at radius 2 is 1.51 bits per heavy atom. The van der Waals surface area contributed by atoms with Crippen molar-refractivity contribution >= 4 is 27.5 Å². The van der Waals surface area contributed by atoms with Gasteiger partial charge in [0.1, 0.15) is 18.4 Å². The van der Waals surface area contributed by atoms with Crippen LogP contribution in [-0.2, 0) is 26.0 Å². The highest BCUT2D eigenvalue weighted by Gasteiger charge is 2.34. The molecule has 0 spiro atoms. The fourth-order valence-corrected chi connectivity index (χ4v) is 5.47. The molecule has 0 radical (unpaired) electrons. The van der Waals surface area contributed by atoms with Gasteiger partial charge >= 0.3 is 0 Å². The van der Waals surface area contributed by atoms with Crippen molar-refractivity contribution in [2.24, 2.45) is 0 Å². The Balaban J connectivity index is 1.99. The Bertz CT molecular complexity index is 1390. The van der Waals surface area contributed by atoms with Crippen molar-refractivity contribution in [1.29, 1.82) is 0 Å². The Kier molecular flexibility index (Phi) is 9.50. The van der Waals surface area contributed by atoms with Gasteiger partial charge in [-0.05, 0) is 70.9 Å². The number of sulfonamides is 1. The first kappa shape index (κ1) is 29.8. The number of benzene rings is 3. The van der Waals surface area contributed by atoms with Gasteiger partial charge in [0.15, 0.2) is 0 Å². The number of halogens is 1. The lowest BCUT2D eigenvalue weighted by molar-refractivity contribution is -0.139. The zero-order chi connectivity index (χ0) is 28.8. The zero-order valence-corrected chi connectivity index (χ0v) is 23.8. The number of nitrogens with zero attached hydrogens (tertiary/aromatic N) is 2. The van der Waals surface area contributed by atoms with Crippen LogP contribution in [0.3, 0.4) is 0 Å². The van der Waals surface area contributed by atoms with E-state index in [4.69, 9.17) is 0 Å². The van der Waals surface area contributed by atoms with Crippen molar-refractivity contribution in [3.63, 3.8) is 0 Å². The summed E-state index contributed by atoms with van der Waals surface area (Å²) in [6.45, 7) is 8.41. The minimum atomic E-state index is -4.32. The van der Waals surface area contributed by atoms with Crippen LogP contribution >= 0.6 is 0 Å². The first-order valence-electron chi connectivity index (χ1n) is 12.8. The predicted molar refractivity (Wildman–Crippen MR) is 151 cm³/mol. The zero-order valence-electron chi connectivity index (χ0n) is 23.0. The first-order valence-corrected chi connectivity index (χ1v) is 14.2. The van der Waals surface area contributed by atoms with Gasteiger partial charge < -0.3 is 10.2 Å². The largest absolute Gasteiger partial charge is 0.350 e. The van der Waals surface area contributed by atoms with Gasteiger partial charge in [0.2, 0.25) is 11.8 Å². The second kappa shape index (κ2) is 12.4. The second-order valence-electron chi connectivity index (χ2n) is 10.5. The van der Waals surface area contributed by atoms with E-state index in [-0.39, 0.29) is 23.0 Å². The number of carbonyl (C=O) groups excluding carboxylic acids is 2. The van der Waals surface area contributed by atoms with E-state index in [9.17, 15) is 22.4 Å². The lowest BCUT2D eigenvalue weighted by Gasteiger charge is -2.33. The summed E-state index contributed by atoms with van der Waals surface area (Å²) < 4.78 is 43.2. The molecule has 1 N–H and O–H groups in total. The van der Waals surface area contributed by atoms with Gasteiger partial charge in [-0.15, -0.1) is 0 Å². The van der Waals surface area contributed by atoms with Gasteiger partial charge in [-0.3, -0.25) is 13.9 Å². The summed E-state index contributed by atoms with van der Waals surface area (Å²) in [6, 6.07) is 20.1. The predicted octanol–water partition coefficient (Wildman–Crippen LogP) is 4.70. The average Bonchev–Trinajstić information content (AvgIpc) is 2.87. The number of rotatable bonds is 10. The molecular weight excluding hydrogens is 517 g/mol. The molecule has 3 aromatic carbocycles. The molecule has 0 heterocycles. The van der Waals surface area contributed by atoms with Gasteiger partial charge in [-0.25, -0.2) is 12.8 Å². The number of nitrogens with one attached hydrogen (secondary N) is 1. The molecule has 0 aromatic heterocycles. The normalized spacial score (nSPS) is 12.5. The molecule has 0 saturated heterocycles. The smallest absolute Gasteiger partial charge is 0.264 e. The quantitative estimate of drug-likeness (QED) is 0.394. The number of anilines is 1. The SMILES string of the molecule is Cc1ccc(S(=O)(=O)N(CC(=O)N(CCc2ccccc2)[C@@H](C)C(=O)NC(C)(C)C)c2ccccc2F)cc1. The van der Waals surface area contributed by atoms with Crippen molar-refractivity contribution in [2.45, 2.75) is 57.5 Å². The van der Waals surface area contributed by atoms with Crippen LogP contribution < -0.4 is 9.62 Å². The number of para-hydroxylation sites is 1. The molecule has 0 aliphatic heterocycles.